The zero-order valence-electron chi connectivity index (χ0n) is 10.1. The molecule has 0 aromatic heterocycles. The van der Waals surface area contributed by atoms with Crippen LogP contribution in [0.25, 0.3) is 0 Å². The molecule has 0 aliphatic heterocycles. The van der Waals surface area contributed by atoms with Gasteiger partial charge in [0, 0.05) is 11.8 Å². The number of hydrogen-bond acceptors (Lipinski definition) is 2. The Labute approximate surface area is 108 Å². The highest BCUT2D eigenvalue weighted by atomic mass is 19.2. The van der Waals surface area contributed by atoms with E-state index in [1.165, 1.54) is 18.2 Å². The van der Waals surface area contributed by atoms with Gasteiger partial charge in [-0.3, -0.25) is 4.79 Å². The van der Waals surface area contributed by atoms with Crippen molar-refractivity contribution in [1.29, 1.82) is 0 Å². The maximum atomic E-state index is 13.4. The van der Waals surface area contributed by atoms with Crippen LogP contribution in [-0.4, -0.2) is 11.0 Å². The smallest absolute Gasteiger partial charge is 0.258 e. The van der Waals surface area contributed by atoms with Crippen LogP contribution in [-0.2, 0) is 0 Å². The zero-order chi connectivity index (χ0) is 14.0. The molecule has 0 spiro atoms. The quantitative estimate of drug-likeness (QED) is 0.873. The molecule has 1 amide bonds. The highest BCUT2D eigenvalue weighted by molar-refractivity contribution is 6.04. The Morgan fingerprint density at radius 3 is 2.63 bits per heavy atom. The summed E-state index contributed by atoms with van der Waals surface area (Å²) in [5.41, 5.74) is 0.562. The van der Waals surface area contributed by atoms with Gasteiger partial charge in [-0.05, 0) is 30.7 Å². The first-order valence-corrected chi connectivity index (χ1v) is 5.54. The van der Waals surface area contributed by atoms with E-state index in [1.54, 1.807) is 19.1 Å². The van der Waals surface area contributed by atoms with Gasteiger partial charge in [-0.15, -0.1) is 0 Å². The molecule has 5 heteroatoms. The summed E-state index contributed by atoms with van der Waals surface area (Å²) >= 11 is 0. The number of phenolic OH excluding ortho intramolecular Hbond substituents is 1. The van der Waals surface area contributed by atoms with Crippen molar-refractivity contribution < 1.29 is 18.7 Å². The summed E-state index contributed by atoms with van der Waals surface area (Å²) in [7, 11) is 0. The molecule has 19 heavy (non-hydrogen) atoms. The van der Waals surface area contributed by atoms with Crippen LogP contribution >= 0.6 is 0 Å². The van der Waals surface area contributed by atoms with E-state index in [9.17, 15) is 18.7 Å². The van der Waals surface area contributed by atoms with Crippen LogP contribution in [0.1, 0.15) is 15.9 Å². The van der Waals surface area contributed by atoms with Gasteiger partial charge in [-0.1, -0.05) is 12.1 Å². The number of anilines is 1. The average Bonchev–Trinajstić information content (AvgIpc) is 2.37. The van der Waals surface area contributed by atoms with Crippen LogP contribution in [0.5, 0.6) is 5.75 Å². The molecule has 0 saturated heterocycles. The Hall–Kier alpha value is -2.43. The fourth-order valence-electron chi connectivity index (χ4n) is 1.56. The minimum absolute atomic E-state index is 0.0116. The molecule has 2 N–H and O–H groups in total. The lowest BCUT2D eigenvalue weighted by molar-refractivity contribution is 0.102. The molecule has 0 aliphatic rings. The number of carbonyl (C=O) groups excluding carboxylic acids is 1. The van der Waals surface area contributed by atoms with Gasteiger partial charge in [0.2, 0.25) is 0 Å². The molecule has 98 valence electrons. The maximum Gasteiger partial charge on any atom is 0.258 e. The van der Waals surface area contributed by atoms with Crippen molar-refractivity contribution in [3.05, 3.63) is 59.2 Å². The maximum absolute atomic E-state index is 13.4. The van der Waals surface area contributed by atoms with E-state index in [0.29, 0.717) is 11.3 Å². The molecular formula is C14H11F2NO2. The van der Waals surface area contributed by atoms with Crippen LogP contribution in [0.15, 0.2) is 36.4 Å². The molecule has 2 rings (SSSR count). The SMILES string of the molecule is Cc1ccc(NC(=O)c2cccc(F)c2F)cc1O. The van der Waals surface area contributed by atoms with E-state index in [-0.39, 0.29) is 11.3 Å². The molecule has 0 unspecified atom stereocenters. The van der Waals surface area contributed by atoms with E-state index in [0.717, 1.165) is 6.07 Å². The standard InChI is InChI=1S/C14H11F2NO2/c1-8-5-6-9(7-12(8)18)17-14(19)10-3-2-4-11(15)13(10)16/h2-7,18H,1H3,(H,17,19). The highest BCUT2D eigenvalue weighted by Crippen LogP contribution is 2.21. The Morgan fingerprint density at radius 1 is 1.21 bits per heavy atom. The van der Waals surface area contributed by atoms with Crippen molar-refractivity contribution in [3.63, 3.8) is 0 Å². The molecule has 0 atom stereocenters. The van der Waals surface area contributed by atoms with E-state index in [2.05, 4.69) is 5.32 Å². The summed E-state index contributed by atoms with van der Waals surface area (Å²) in [6.45, 7) is 1.70. The third kappa shape index (κ3) is 2.70. The van der Waals surface area contributed by atoms with Crippen LogP contribution in [0, 0.1) is 18.6 Å². The number of rotatable bonds is 2. The topological polar surface area (TPSA) is 49.3 Å². The summed E-state index contributed by atoms with van der Waals surface area (Å²) in [5, 5.41) is 11.9. The van der Waals surface area contributed by atoms with Gasteiger partial charge < -0.3 is 10.4 Å². The number of carbonyl (C=O) groups is 1. The first-order chi connectivity index (χ1) is 8.99. The minimum Gasteiger partial charge on any atom is -0.508 e. The molecule has 0 heterocycles. The second-order valence-electron chi connectivity index (χ2n) is 4.06. The molecule has 0 fully saturated rings. The minimum atomic E-state index is -1.20. The van der Waals surface area contributed by atoms with Gasteiger partial charge in [-0.2, -0.15) is 0 Å². The monoisotopic (exact) mass is 263 g/mol. The highest BCUT2D eigenvalue weighted by Gasteiger charge is 2.15. The Bertz CT molecular complexity index is 641. The zero-order valence-corrected chi connectivity index (χ0v) is 10.1. The Morgan fingerprint density at radius 2 is 1.95 bits per heavy atom. The van der Waals surface area contributed by atoms with E-state index in [4.69, 9.17) is 0 Å². The Balaban J connectivity index is 2.26. The average molecular weight is 263 g/mol. The lowest BCUT2D eigenvalue weighted by atomic mass is 10.1. The van der Waals surface area contributed by atoms with Crippen molar-refractivity contribution in [1.82, 2.24) is 0 Å². The molecule has 2 aromatic carbocycles. The molecule has 2 aromatic rings. The largest absolute Gasteiger partial charge is 0.508 e. The molecule has 0 aliphatic carbocycles. The van der Waals surface area contributed by atoms with Crippen molar-refractivity contribution in [2.24, 2.45) is 0 Å². The van der Waals surface area contributed by atoms with Crippen molar-refractivity contribution in [2.75, 3.05) is 5.32 Å². The summed E-state index contributed by atoms with van der Waals surface area (Å²) in [4.78, 5) is 11.8. The van der Waals surface area contributed by atoms with Crippen molar-refractivity contribution >= 4 is 11.6 Å². The molecular weight excluding hydrogens is 252 g/mol. The van der Waals surface area contributed by atoms with Gasteiger partial charge in [0.15, 0.2) is 11.6 Å². The van der Waals surface area contributed by atoms with Crippen LogP contribution in [0.2, 0.25) is 0 Å². The lowest BCUT2D eigenvalue weighted by Crippen LogP contribution is -2.14. The molecule has 0 bridgehead atoms. The second kappa shape index (κ2) is 5.06. The van der Waals surface area contributed by atoms with Crippen LogP contribution in [0.4, 0.5) is 14.5 Å². The lowest BCUT2D eigenvalue weighted by Gasteiger charge is -2.07. The van der Waals surface area contributed by atoms with E-state index in [1.807, 2.05) is 0 Å². The van der Waals surface area contributed by atoms with E-state index < -0.39 is 17.5 Å². The van der Waals surface area contributed by atoms with E-state index >= 15 is 0 Å². The van der Waals surface area contributed by atoms with Gasteiger partial charge in [0.05, 0.1) is 5.56 Å². The number of nitrogens with one attached hydrogen (secondary N) is 1. The number of hydrogen-bond donors (Lipinski definition) is 2. The molecule has 3 nitrogen and oxygen atoms in total. The normalized spacial score (nSPS) is 10.3. The van der Waals surface area contributed by atoms with Crippen molar-refractivity contribution in [3.8, 4) is 5.75 Å². The molecule has 0 saturated carbocycles. The third-order valence-electron chi connectivity index (χ3n) is 2.66. The first-order valence-electron chi connectivity index (χ1n) is 5.54. The van der Waals surface area contributed by atoms with Crippen molar-refractivity contribution in [2.45, 2.75) is 6.92 Å². The van der Waals surface area contributed by atoms with Gasteiger partial charge in [-0.25, -0.2) is 8.78 Å². The summed E-state index contributed by atoms with van der Waals surface area (Å²) in [5.74, 6) is -3.05. The third-order valence-corrected chi connectivity index (χ3v) is 2.66. The molecule has 0 radical (unpaired) electrons. The summed E-state index contributed by atoms with van der Waals surface area (Å²) in [6, 6.07) is 7.87. The number of phenols is 1. The summed E-state index contributed by atoms with van der Waals surface area (Å²) in [6.07, 6.45) is 0. The number of halogens is 2. The Kier molecular flexibility index (Phi) is 3.46. The van der Waals surface area contributed by atoms with Crippen LogP contribution < -0.4 is 5.32 Å². The fraction of sp³-hybridized carbons (Fsp3) is 0.0714. The predicted molar refractivity (Wildman–Crippen MR) is 67.2 cm³/mol. The second-order valence-corrected chi connectivity index (χ2v) is 4.06. The van der Waals surface area contributed by atoms with Gasteiger partial charge in [0.1, 0.15) is 5.75 Å². The number of benzene rings is 2. The number of aryl methyl sites for hydroxylation is 1. The number of amides is 1. The van der Waals surface area contributed by atoms with Gasteiger partial charge in [0.25, 0.3) is 5.91 Å². The first kappa shape index (κ1) is 13.0. The van der Waals surface area contributed by atoms with Crippen LogP contribution in [0.3, 0.4) is 0 Å². The number of aromatic hydroxyl groups is 1. The summed E-state index contributed by atoms with van der Waals surface area (Å²) < 4.78 is 26.4. The fourth-order valence-corrected chi connectivity index (χ4v) is 1.56. The predicted octanol–water partition coefficient (Wildman–Crippen LogP) is 3.23. The van der Waals surface area contributed by atoms with Gasteiger partial charge >= 0.3 is 0 Å².